The standard InChI is InChI=1S/C31H35NO6/c1-36-30(34)27-19-16-25(22-28(27)31(35)37-2)32-29(33)20-15-24-13-17-26(18-14-24)38-21-9-4-3-6-10-23-11-7-5-8-12-23/h5,7-8,11-14,16-19,22H,3-4,6,9-10,15,20-21H2,1-2H3,(H,32,33). The first-order valence-electron chi connectivity index (χ1n) is 12.9. The van der Waals surface area contributed by atoms with Crippen LogP contribution in [0.25, 0.3) is 0 Å². The molecule has 38 heavy (non-hydrogen) atoms. The third kappa shape index (κ3) is 9.07. The summed E-state index contributed by atoms with van der Waals surface area (Å²) in [4.78, 5) is 36.4. The van der Waals surface area contributed by atoms with Crippen molar-refractivity contribution in [3.05, 3.63) is 95.1 Å². The predicted octanol–water partition coefficient (Wildman–Crippen LogP) is 6.01. The van der Waals surface area contributed by atoms with Gasteiger partial charge in [0.15, 0.2) is 0 Å². The summed E-state index contributed by atoms with van der Waals surface area (Å²) >= 11 is 0. The van der Waals surface area contributed by atoms with E-state index in [2.05, 4.69) is 29.6 Å². The summed E-state index contributed by atoms with van der Waals surface area (Å²) in [6, 6.07) is 22.7. The predicted molar refractivity (Wildman–Crippen MR) is 147 cm³/mol. The lowest BCUT2D eigenvalue weighted by atomic mass is 10.1. The normalized spacial score (nSPS) is 10.5. The number of nitrogens with one attached hydrogen (secondary N) is 1. The van der Waals surface area contributed by atoms with Crippen LogP contribution in [0.15, 0.2) is 72.8 Å². The molecule has 0 aliphatic carbocycles. The molecule has 0 saturated heterocycles. The van der Waals surface area contributed by atoms with Gasteiger partial charge in [-0.25, -0.2) is 9.59 Å². The van der Waals surface area contributed by atoms with Crippen molar-refractivity contribution < 1.29 is 28.6 Å². The van der Waals surface area contributed by atoms with Gasteiger partial charge in [-0.2, -0.15) is 0 Å². The summed E-state index contributed by atoms with van der Waals surface area (Å²) in [6.45, 7) is 0.690. The van der Waals surface area contributed by atoms with Gasteiger partial charge in [0, 0.05) is 12.1 Å². The first kappa shape index (κ1) is 28.4. The maximum absolute atomic E-state index is 12.5. The molecule has 0 radical (unpaired) electrons. The van der Waals surface area contributed by atoms with Crippen molar-refractivity contribution in [2.24, 2.45) is 0 Å². The van der Waals surface area contributed by atoms with Gasteiger partial charge in [0.1, 0.15) is 5.75 Å². The van der Waals surface area contributed by atoms with Crippen molar-refractivity contribution in [1.29, 1.82) is 0 Å². The van der Waals surface area contributed by atoms with Crippen molar-refractivity contribution in [1.82, 2.24) is 0 Å². The molecule has 0 saturated carbocycles. The molecule has 200 valence electrons. The first-order chi connectivity index (χ1) is 18.5. The van der Waals surface area contributed by atoms with Crippen LogP contribution in [0.3, 0.4) is 0 Å². The van der Waals surface area contributed by atoms with Gasteiger partial charge in [-0.3, -0.25) is 4.79 Å². The third-order valence-electron chi connectivity index (χ3n) is 6.15. The monoisotopic (exact) mass is 517 g/mol. The van der Waals surface area contributed by atoms with Crippen LogP contribution < -0.4 is 10.1 Å². The van der Waals surface area contributed by atoms with E-state index in [1.165, 1.54) is 44.8 Å². The summed E-state index contributed by atoms with van der Waals surface area (Å²) < 4.78 is 15.3. The summed E-state index contributed by atoms with van der Waals surface area (Å²) in [5.74, 6) is -0.732. The Morgan fingerprint density at radius 3 is 2.05 bits per heavy atom. The van der Waals surface area contributed by atoms with Crippen molar-refractivity contribution in [3.63, 3.8) is 0 Å². The van der Waals surface area contributed by atoms with Crippen LogP contribution in [0.4, 0.5) is 5.69 Å². The second-order valence-electron chi connectivity index (χ2n) is 8.93. The SMILES string of the molecule is COC(=O)c1ccc(NC(=O)CCc2ccc(OCCCCCCc3ccccc3)cc2)cc1C(=O)OC. The van der Waals surface area contributed by atoms with Gasteiger partial charge < -0.3 is 19.5 Å². The highest BCUT2D eigenvalue weighted by Gasteiger charge is 2.19. The largest absolute Gasteiger partial charge is 0.494 e. The molecular formula is C31H35NO6. The van der Waals surface area contributed by atoms with E-state index in [9.17, 15) is 14.4 Å². The van der Waals surface area contributed by atoms with Crippen molar-refractivity contribution >= 4 is 23.5 Å². The molecule has 7 heteroatoms. The van der Waals surface area contributed by atoms with Crippen LogP contribution in [0, 0.1) is 0 Å². The zero-order valence-electron chi connectivity index (χ0n) is 22.0. The second kappa shape index (κ2) is 15.2. The number of hydrogen-bond donors (Lipinski definition) is 1. The number of aryl methyl sites for hydroxylation is 2. The number of benzene rings is 3. The van der Waals surface area contributed by atoms with E-state index in [-0.39, 0.29) is 23.5 Å². The Labute approximate surface area is 224 Å². The van der Waals surface area contributed by atoms with Gasteiger partial charge in [0.25, 0.3) is 0 Å². The molecule has 7 nitrogen and oxygen atoms in total. The average Bonchev–Trinajstić information content (AvgIpc) is 2.95. The molecule has 0 bridgehead atoms. The number of rotatable bonds is 14. The summed E-state index contributed by atoms with van der Waals surface area (Å²) in [6.07, 6.45) is 6.49. The van der Waals surface area contributed by atoms with E-state index in [1.54, 1.807) is 6.07 Å². The van der Waals surface area contributed by atoms with Crippen LogP contribution >= 0.6 is 0 Å². The molecule has 0 aliphatic heterocycles. The highest BCUT2D eigenvalue weighted by molar-refractivity contribution is 6.04. The third-order valence-corrected chi connectivity index (χ3v) is 6.15. The minimum atomic E-state index is -0.688. The van der Waals surface area contributed by atoms with Gasteiger partial charge in [0.2, 0.25) is 5.91 Å². The molecule has 1 N–H and O–H groups in total. The highest BCUT2D eigenvalue weighted by Crippen LogP contribution is 2.19. The molecular weight excluding hydrogens is 482 g/mol. The number of amides is 1. The second-order valence-corrected chi connectivity index (χ2v) is 8.93. The zero-order valence-corrected chi connectivity index (χ0v) is 22.0. The number of carbonyl (C=O) groups is 3. The molecule has 0 heterocycles. The van der Waals surface area contributed by atoms with E-state index in [0.717, 1.165) is 30.6 Å². The quantitative estimate of drug-likeness (QED) is 0.208. The van der Waals surface area contributed by atoms with Gasteiger partial charge in [-0.05, 0) is 67.1 Å². The number of methoxy groups -OCH3 is 2. The smallest absolute Gasteiger partial charge is 0.338 e. The number of ether oxygens (including phenoxy) is 3. The van der Waals surface area contributed by atoms with Crippen LogP contribution in [-0.4, -0.2) is 38.7 Å². The Balaban J connectivity index is 1.37. The van der Waals surface area contributed by atoms with E-state index in [1.807, 2.05) is 30.3 Å². The van der Waals surface area contributed by atoms with E-state index < -0.39 is 11.9 Å². The topological polar surface area (TPSA) is 90.9 Å². The van der Waals surface area contributed by atoms with Crippen LogP contribution in [0.2, 0.25) is 0 Å². The number of unbranched alkanes of at least 4 members (excludes halogenated alkanes) is 3. The van der Waals surface area contributed by atoms with Crippen molar-refractivity contribution in [2.75, 3.05) is 26.1 Å². The van der Waals surface area contributed by atoms with E-state index in [0.29, 0.717) is 18.7 Å². The number of hydrogen-bond acceptors (Lipinski definition) is 6. The molecule has 0 unspecified atom stereocenters. The van der Waals surface area contributed by atoms with E-state index >= 15 is 0 Å². The minimum Gasteiger partial charge on any atom is -0.494 e. The maximum Gasteiger partial charge on any atom is 0.338 e. The molecule has 0 atom stereocenters. The molecule has 0 fully saturated rings. The zero-order chi connectivity index (χ0) is 27.2. The van der Waals surface area contributed by atoms with Gasteiger partial charge in [-0.15, -0.1) is 0 Å². The molecule has 0 spiro atoms. The van der Waals surface area contributed by atoms with E-state index in [4.69, 9.17) is 14.2 Å². The lowest BCUT2D eigenvalue weighted by Gasteiger charge is -2.10. The van der Waals surface area contributed by atoms with Crippen LogP contribution in [0.5, 0.6) is 5.75 Å². The van der Waals surface area contributed by atoms with Gasteiger partial charge >= 0.3 is 11.9 Å². The van der Waals surface area contributed by atoms with Crippen LogP contribution in [-0.2, 0) is 27.1 Å². The summed E-state index contributed by atoms with van der Waals surface area (Å²) in [5, 5.41) is 2.76. The van der Waals surface area contributed by atoms with Gasteiger partial charge in [0.05, 0.1) is 32.0 Å². The lowest BCUT2D eigenvalue weighted by Crippen LogP contribution is -2.15. The van der Waals surface area contributed by atoms with Crippen molar-refractivity contribution in [2.45, 2.75) is 44.9 Å². The molecule has 0 aliphatic rings. The summed E-state index contributed by atoms with van der Waals surface area (Å²) in [5.41, 5.74) is 2.91. The molecule has 1 amide bonds. The fraction of sp³-hybridized carbons (Fsp3) is 0.323. The van der Waals surface area contributed by atoms with Gasteiger partial charge in [-0.1, -0.05) is 55.3 Å². The Morgan fingerprint density at radius 1 is 0.684 bits per heavy atom. The number of esters is 2. The molecule has 0 aromatic heterocycles. The highest BCUT2D eigenvalue weighted by atomic mass is 16.5. The average molecular weight is 518 g/mol. The lowest BCUT2D eigenvalue weighted by molar-refractivity contribution is -0.116. The first-order valence-corrected chi connectivity index (χ1v) is 12.9. The Bertz CT molecular complexity index is 1190. The molecule has 3 aromatic carbocycles. The molecule has 3 rings (SSSR count). The minimum absolute atomic E-state index is 0.0277. The Morgan fingerprint density at radius 2 is 1.34 bits per heavy atom. The Hall–Kier alpha value is -4.13. The molecule has 3 aromatic rings. The fourth-order valence-electron chi connectivity index (χ4n) is 4.04. The Kier molecular flexibility index (Phi) is 11.4. The number of carbonyl (C=O) groups excluding carboxylic acids is 3. The van der Waals surface area contributed by atoms with Crippen molar-refractivity contribution in [3.8, 4) is 5.75 Å². The fourth-order valence-corrected chi connectivity index (χ4v) is 4.04. The summed E-state index contributed by atoms with van der Waals surface area (Å²) in [7, 11) is 2.45. The number of anilines is 1. The van der Waals surface area contributed by atoms with Crippen LogP contribution in [0.1, 0.15) is 63.9 Å². The maximum atomic E-state index is 12.5.